The first-order valence-electron chi connectivity index (χ1n) is 10.8. The molecule has 0 radical (unpaired) electrons. The Labute approximate surface area is 200 Å². The molecule has 35 heavy (non-hydrogen) atoms. The van der Waals surface area contributed by atoms with E-state index in [0.717, 1.165) is 11.1 Å². The van der Waals surface area contributed by atoms with Crippen LogP contribution in [-0.2, 0) is 4.79 Å². The first kappa shape index (κ1) is 23.6. The van der Waals surface area contributed by atoms with Crippen LogP contribution in [-0.4, -0.2) is 27.4 Å². The van der Waals surface area contributed by atoms with E-state index in [1.165, 1.54) is 24.3 Å². The molecular formula is C25H23F2N7O. The molecule has 8 nitrogen and oxygen atoms in total. The molecule has 0 spiro atoms. The maximum absolute atomic E-state index is 14.1. The van der Waals surface area contributed by atoms with Crippen molar-refractivity contribution in [1.29, 1.82) is 0 Å². The maximum atomic E-state index is 14.1. The van der Waals surface area contributed by atoms with Gasteiger partial charge in [-0.25, -0.2) is 8.78 Å². The van der Waals surface area contributed by atoms with E-state index in [1.54, 1.807) is 24.3 Å². The fraction of sp³-hybridized carbons (Fsp3) is 0.120. The van der Waals surface area contributed by atoms with Crippen LogP contribution in [0.1, 0.15) is 11.1 Å². The third kappa shape index (κ3) is 6.05. The van der Waals surface area contributed by atoms with Crippen LogP contribution in [0.4, 0.5) is 43.7 Å². The molecule has 0 unspecified atom stereocenters. The maximum Gasteiger partial charge on any atom is 0.243 e. The number of rotatable bonds is 8. The molecule has 0 bridgehead atoms. The zero-order valence-electron chi connectivity index (χ0n) is 19.1. The highest BCUT2D eigenvalue weighted by Crippen LogP contribution is 2.22. The van der Waals surface area contributed by atoms with E-state index in [0.29, 0.717) is 5.69 Å². The van der Waals surface area contributed by atoms with Crippen molar-refractivity contribution in [2.45, 2.75) is 13.8 Å². The third-order valence-electron chi connectivity index (χ3n) is 5.16. The number of hydrogen-bond donors (Lipinski definition) is 4. The second-order valence-electron chi connectivity index (χ2n) is 7.67. The summed E-state index contributed by atoms with van der Waals surface area (Å²) in [5.41, 5.74) is 3.02. The molecule has 0 aliphatic rings. The standard InChI is InChI=1S/C25H23F2N7O/c1-15-8-7-13-19(16(15)2)29-22(35)14-28-23-32-24(30-20-11-5-3-9-17(20)26)34-25(33-23)31-21-12-6-4-10-18(21)27/h3-13H,14H2,1-2H3,(H,29,35)(H3,28,30,31,32,33,34). The molecule has 0 aliphatic heterocycles. The lowest BCUT2D eigenvalue weighted by atomic mass is 10.1. The van der Waals surface area contributed by atoms with Crippen molar-refractivity contribution >= 4 is 40.8 Å². The number of benzene rings is 3. The second-order valence-corrected chi connectivity index (χ2v) is 7.67. The summed E-state index contributed by atoms with van der Waals surface area (Å²) < 4.78 is 28.3. The number of carbonyl (C=O) groups is 1. The van der Waals surface area contributed by atoms with Crippen LogP contribution in [0.2, 0.25) is 0 Å². The van der Waals surface area contributed by atoms with E-state index >= 15 is 0 Å². The highest BCUT2D eigenvalue weighted by molar-refractivity contribution is 5.94. The minimum absolute atomic E-state index is 0.00127. The number of nitrogens with zero attached hydrogens (tertiary/aromatic N) is 3. The van der Waals surface area contributed by atoms with Crippen molar-refractivity contribution in [1.82, 2.24) is 15.0 Å². The Morgan fingerprint density at radius 2 is 1.23 bits per heavy atom. The predicted octanol–water partition coefficient (Wildman–Crippen LogP) is 5.30. The monoisotopic (exact) mass is 475 g/mol. The minimum Gasteiger partial charge on any atom is -0.345 e. The molecule has 0 atom stereocenters. The molecule has 4 rings (SSSR count). The van der Waals surface area contributed by atoms with Gasteiger partial charge in [-0.05, 0) is 55.3 Å². The number of amides is 1. The molecule has 4 N–H and O–H groups in total. The van der Waals surface area contributed by atoms with Gasteiger partial charge < -0.3 is 21.3 Å². The van der Waals surface area contributed by atoms with Crippen LogP contribution < -0.4 is 21.3 Å². The van der Waals surface area contributed by atoms with Crippen molar-refractivity contribution < 1.29 is 13.6 Å². The molecule has 178 valence electrons. The van der Waals surface area contributed by atoms with Gasteiger partial charge in [-0.3, -0.25) is 4.79 Å². The fourth-order valence-electron chi connectivity index (χ4n) is 3.17. The average molecular weight is 476 g/mol. The van der Waals surface area contributed by atoms with Crippen LogP contribution in [0.3, 0.4) is 0 Å². The van der Waals surface area contributed by atoms with E-state index in [9.17, 15) is 13.6 Å². The predicted molar refractivity (Wildman–Crippen MR) is 132 cm³/mol. The Morgan fingerprint density at radius 1 is 0.714 bits per heavy atom. The number of nitrogens with one attached hydrogen (secondary N) is 4. The topological polar surface area (TPSA) is 104 Å². The first-order valence-corrected chi connectivity index (χ1v) is 10.8. The Morgan fingerprint density at radius 3 is 1.80 bits per heavy atom. The summed E-state index contributed by atoms with van der Waals surface area (Å²) in [4.78, 5) is 25.2. The molecule has 0 aliphatic carbocycles. The van der Waals surface area contributed by atoms with E-state index in [2.05, 4.69) is 36.2 Å². The molecule has 10 heteroatoms. The summed E-state index contributed by atoms with van der Waals surface area (Å²) in [6, 6.07) is 17.7. The molecule has 4 aromatic rings. The fourth-order valence-corrected chi connectivity index (χ4v) is 3.17. The minimum atomic E-state index is -0.501. The van der Waals surface area contributed by atoms with Gasteiger partial charge in [0.2, 0.25) is 23.8 Å². The second kappa shape index (κ2) is 10.6. The molecule has 0 saturated carbocycles. The van der Waals surface area contributed by atoms with Gasteiger partial charge in [0.15, 0.2) is 0 Å². The third-order valence-corrected chi connectivity index (χ3v) is 5.16. The number of aromatic nitrogens is 3. The SMILES string of the molecule is Cc1cccc(NC(=O)CNc2nc(Nc3ccccc3F)nc(Nc3ccccc3F)n2)c1C. The summed E-state index contributed by atoms with van der Waals surface area (Å²) in [7, 11) is 0. The molecule has 3 aromatic carbocycles. The van der Waals surface area contributed by atoms with Gasteiger partial charge in [0.25, 0.3) is 0 Å². The molecular weight excluding hydrogens is 452 g/mol. The smallest absolute Gasteiger partial charge is 0.243 e. The number of para-hydroxylation sites is 2. The lowest BCUT2D eigenvalue weighted by molar-refractivity contribution is -0.114. The number of carbonyl (C=O) groups excluding carboxylic acids is 1. The Kier molecular flexibility index (Phi) is 7.10. The number of hydrogen-bond acceptors (Lipinski definition) is 7. The largest absolute Gasteiger partial charge is 0.345 e. The Balaban J connectivity index is 1.55. The van der Waals surface area contributed by atoms with Crippen molar-refractivity contribution in [3.63, 3.8) is 0 Å². The van der Waals surface area contributed by atoms with Crippen LogP contribution >= 0.6 is 0 Å². The highest BCUT2D eigenvalue weighted by atomic mass is 19.1. The van der Waals surface area contributed by atoms with Gasteiger partial charge in [0, 0.05) is 5.69 Å². The van der Waals surface area contributed by atoms with Crippen LogP contribution in [0, 0.1) is 25.5 Å². The number of aryl methyl sites for hydroxylation is 1. The summed E-state index contributed by atoms with van der Waals surface area (Å²) in [5.74, 6) is -1.28. The van der Waals surface area contributed by atoms with E-state index in [-0.39, 0.29) is 41.7 Å². The summed E-state index contributed by atoms with van der Waals surface area (Å²) in [6.07, 6.45) is 0. The van der Waals surface area contributed by atoms with E-state index in [1.807, 2.05) is 32.0 Å². The lowest BCUT2D eigenvalue weighted by Gasteiger charge is -2.13. The average Bonchev–Trinajstić information content (AvgIpc) is 2.84. The lowest BCUT2D eigenvalue weighted by Crippen LogP contribution is -2.23. The van der Waals surface area contributed by atoms with E-state index < -0.39 is 11.6 Å². The van der Waals surface area contributed by atoms with Crippen LogP contribution in [0.15, 0.2) is 66.7 Å². The summed E-state index contributed by atoms with van der Waals surface area (Å²) in [5, 5.41) is 11.2. The number of halogens is 2. The molecule has 0 saturated heterocycles. The normalized spacial score (nSPS) is 10.5. The van der Waals surface area contributed by atoms with Gasteiger partial charge in [-0.15, -0.1) is 0 Å². The Bertz CT molecular complexity index is 1300. The Hall–Kier alpha value is -4.60. The van der Waals surface area contributed by atoms with Gasteiger partial charge in [0.05, 0.1) is 17.9 Å². The van der Waals surface area contributed by atoms with Gasteiger partial charge in [-0.2, -0.15) is 15.0 Å². The van der Waals surface area contributed by atoms with Crippen LogP contribution in [0.25, 0.3) is 0 Å². The van der Waals surface area contributed by atoms with Gasteiger partial charge >= 0.3 is 0 Å². The molecule has 1 aromatic heterocycles. The summed E-state index contributed by atoms with van der Waals surface area (Å²) >= 11 is 0. The van der Waals surface area contributed by atoms with E-state index in [4.69, 9.17) is 0 Å². The zero-order chi connectivity index (χ0) is 24.8. The van der Waals surface area contributed by atoms with Crippen molar-refractivity contribution in [3.05, 3.63) is 89.5 Å². The molecule has 0 fully saturated rings. The van der Waals surface area contributed by atoms with Crippen molar-refractivity contribution in [2.75, 3.05) is 27.8 Å². The highest BCUT2D eigenvalue weighted by Gasteiger charge is 2.12. The zero-order valence-corrected chi connectivity index (χ0v) is 19.1. The summed E-state index contributed by atoms with van der Waals surface area (Å²) in [6.45, 7) is 3.74. The molecule has 1 heterocycles. The quantitative estimate of drug-likeness (QED) is 0.274. The van der Waals surface area contributed by atoms with Crippen molar-refractivity contribution in [3.8, 4) is 0 Å². The van der Waals surface area contributed by atoms with Crippen LogP contribution in [0.5, 0.6) is 0 Å². The first-order chi connectivity index (χ1) is 16.9. The molecule has 1 amide bonds. The van der Waals surface area contributed by atoms with Gasteiger partial charge in [0.1, 0.15) is 11.6 Å². The van der Waals surface area contributed by atoms with Crippen molar-refractivity contribution in [2.24, 2.45) is 0 Å². The number of anilines is 6. The van der Waals surface area contributed by atoms with Gasteiger partial charge in [-0.1, -0.05) is 36.4 Å².